The van der Waals surface area contributed by atoms with Crippen LogP contribution in [0.3, 0.4) is 0 Å². The number of hydrogen-bond donors (Lipinski definition) is 3. The SMILES string of the molecule is NC(=O)c1ccccc1NC(=O)C1CCCN(C(=O)Nc2cccs2)C1. The molecule has 1 aromatic heterocycles. The van der Waals surface area contributed by atoms with Crippen LogP contribution in [0.5, 0.6) is 0 Å². The molecule has 2 heterocycles. The van der Waals surface area contributed by atoms with Crippen LogP contribution in [0.4, 0.5) is 15.5 Å². The Balaban J connectivity index is 1.63. The maximum atomic E-state index is 12.6. The van der Waals surface area contributed by atoms with E-state index >= 15 is 0 Å². The zero-order chi connectivity index (χ0) is 18.5. The molecule has 4 amide bonds. The number of nitrogens with two attached hydrogens (primary N) is 1. The lowest BCUT2D eigenvalue weighted by molar-refractivity contribution is -0.121. The predicted octanol–water partition coefficient (Wildman–Crippen LogP) is 2.73. The first-order valence-electron chi connectivity index (χ1n) is 8.33. The first-order valence-corrected chi connectivity index (χ1v) is 9.21. The minimum atomic E-state index is -0.596. The van der Waals surface area contributed by atoms with Gasteiger partial charge in [0.1, 0.15) is 0 Å². The quantitative estimate of drug-likeness (QED) is 0.768. The number of piperidine rings is 1. The molecule has 2 aromatic rings. The van der Waals surface area contributed by atoms with Gasteiger partial charge in [0, 0.05) is 13.1 Å². The number of nitrogens with zero attached hydrogens (tertiary/aromatic N) is 1. The summed E-state index contributed by atoms with van der Waals surface area (Å²) in [6, 6.07) is 10.1. The minimum absolute atomic E-state index is 0.206. The number of rotatable bonds is 4. The van der Waals surface area contributed by atoms with Gasteiger partial charge in [0.2, 0.25) is 5.91 Å². The molecule has 0 bridgehead atoms. The van der Waals surface area contributed by atoms with Crippen LogP contribution in [-0.2, 0) is 4.79 Å². The van der Waals surface area contributed by atoms with Gasteiger partial charge in [0.05, 0.1) is 22.2 Å². The van der Waals surface area contributed by atoms with E-state index in [4.69, 9.17) is 5.73 Å². The Kier molecular flexibility index (Phi) is 5.52. The van der Waals surface area contributed by atoms with Crippen molar-refractivity contribution in [2.45, 2.75) is 12.8 Å². The molecule has 1 atom stereocenters. The highest BCUT2D eigenvalue weighted by atomic mass is 32.1. The van der Waals surface area contributed by atoms with Gasteiger partial charge >= 0.3 is 6.03 Å². The van der Waals surface area contributed by atoms with Crippen LogP contribution in [-0.4, -0.2) is 35.8 Å². The molecule has 1 aromatic carbocycles. The van der Waals surface area contributed by atoms with Crippen LogP contribution < -0.4 is 16.4 Å². The van der Waals surface area contributed by atoms with Gasteiger partial charge in [0.15, 0.2) is 0 Å². The number of para-hydroxylation sites is 1. The molecule has 0 saturated carbocycles. The van der Waals surface area contributed by atoms with Crippen molar-refractivity contribution in [3.8, 4) is 0 Å². The van der Waals surface area contributed by atoms with Crippen molar-refractivity contribution in [2.75, 3.05) is 23.7 Å². The number of carbonyl (C=O) groups excluding carboxylic acids is 3. The first kappa shape index (κ1) is 17.9. The Morgan fingerprint density at radius 2 is 1.92 bits per heavy atom. The second-order valence-electron chi connectivity index (χ2n) is 6.09. The van der Waals surface area contributed by atoms with Crippen molar-refractivity contribution >= 4 is 39.9 Å². The third kappa shape index (κ3) is 4.20. The number of thiophene rings is 1. The fraction of sp³-hybridized carbons (Fsp3) is 0.278. The van der Waals surface area contributed by atoms with Crippen molar-refractivity contribution in [1.29, 1.82) is 0 Å². The highest BCUT2D eigenvalue weighted by Crippen LogP contribution is 2.22. The van der Waals surface area contributed by atoms with Crippen LogP contribution in [0.25, 0.3) is 0 Å². The van der Waals surface area contributed by atoms with Gasteiger partial charge in [0.25, 0.3) is 5.91 Å². The molecule has 136 valence electrons. The lowest BCUT2D eigenvalue weighted by atomic mass is 9.97. The van der Waals surface area contributed by atoms with E-state index in [0.29, 0.717) is 25.2 Å². The van der Waals surface area contributed by atoms with Gasteiger partial charge in [-0.1, -0.05) is 12.1 Å². The number of anilines is 2. The number of carbonyl (C=O) groups is 3. The molecule has 0 aliphatic carbocycles. The number of amides is 4. The molecular weight excluding hydrogens is 352 g/mol. The Bertz CT molecular complexity index is 807. The summed E-state index contributed by atoms with van der Waals surface area (Å²) in [5.74, 6) is -1.15. The number of hydrogen-bond acceptors (Lipinski definition) is 4. The molecule has 3 rings (SSSR count). The van der Waals surface area contributed by atoms with Crippen molar-refractivity contribution < 1.29 is 14.4 Å². The minimum Gasteiger partial charge on any atom is -0.366 e. The molecule has 26 heavy (non-hydrogen) atoms. The Hall–Kier alpha value is -2.87. The smallest absolute Gasteiger partial charge is 0.322 e. The molecule has 0 spiro atoms. The highest BCUT2D eigenvalue weighted by molar-refractivity contribution is 7.14. The molecular formula is C18H20N4O3S. The number of benzene rings is 1. The molecule has 8 heteroatoms. The summed E-state index contributed by atoms with van der Waals surface area (Å²) in [5.41, 5.74) is 6.01. The van der Waals surface area contributed by atoms with Gasteiger partial charge < -0.3 is 16.0 Å². The monoisotopic (exact) mass is 372 g/mol. The summed E-state index contributed by atoms with van der Waals surface area (Å²) in [5, 5.41) is 8.27. The highest BCUT2D eigenvalue weighted by Gasteiger charge is 2.29. The first-order chi connectivity index (χ1) is 12.5. The summed E-state index contributed by atoms with van der Waals surface area (Å²) in [4.78, 5) is 38.1. The summed E-state index contributed by atoms with van der Waals surface area (Å²) >= 11 is 1.45. The fourth-order valence-electron chi connectivity index (χ4n) is 2.95. The van der Waals surface area contributed by atoms with E-state index in [0.717, 1.165) is 11.4 Å². The third-order valence-corrected chi connectivity index (χ3v) is 5.07. The lowest BCUT2D eigenvalue weighted by Crippen LogP contribution is -2.45. The number of urea groups is 1. The van der Waals surface area contributed by atoms with Gasteiger partial charge in [-0.3, -0.25) is 14.9 Å². The van der Waals surface area contributed by atoms with Crippen molar-refractivity contribution in [2.24, 2.45) is 11.7 Å². The predicted molar refractivity (Wildman–Crippen MR) is 101 cm³/mol. The van der Waals surface area contributed by atoms with Crippen molar-refractivity contribution in [1.82, 2.24) is 4.90 Å². The van der Waals surface area contributed by atoms with Crippen LogP contribution in [0.1, 0.15) is 23.2 Å². The number of primary amides is 1. The summed E-state index contributed by atoms with van der Waals surface area (Å²) < 4.78 is 0. The second kappa shape index (κ2) is 8.01. The van der Waals surface area contributed by atoms with E-state index in [9.17, 15) is 14.4 Å². The standard InChI is InChI=1S/C18H20N4O3S/c19-16(23)13-6-1-2-7-14(13)20-17(24)12-5-3-9-22(11-12)18(25)21-15-8-4-10-26-15/h1-2,4,6-8,10,12H,3,5,9,11H2,(H2,19,23)(H,20,24)(H,21,25). The molecule has 1 aliphatic heterocycles. The van der Waals surface area contributed by atoms with Crippen LogP contribution in [0.15, 0.2) is 41.8 Å². The lowest BCUT2D eigenvalue weighted by Gasteiger charge is -2.32. The Morgan fingerprint density at radius 3 is 2.65 bits per heavy atom. The molecule has 7 nitrogen and oxygen atoms in total. The van der Waals surface area contributed by atoms with Gasteiger partial charge in [-0.05, 0) is 42.5 Å². The van der Waals surface area contributed by atoms with E-state index in [1.54, 1.807) is 29.2 Å². The van der Waals surface area contributed by atoms with Gasteiger partial charge in [-0.25, -0.2) is 4.79 Å². The largest absolute Gasteiger partial charge is 0.366 e. The van der Waals surface area contributed by atoms with E-state index in [2.05, 4.69) is 10.6 Å². The average Bonchev–Trinajstić information content (AvgIpc) is 3.15. The van der Waals surface area contributed by atoms with Crippen LogP contribution >= 0.6 is 11.3 Å². The average molecular weight is 372 g/mol. The van der Waals surface area contributed by atoms with Crippen molar-refractivity contribution in [3.63, 3.8) is 0 Å². The summed E-state index contributed by atoms with van der Waals surface area (Å²) in [7, 11) is 0. The maximum absolute atomic E-state index is 12.6. The normalized spacial score (nSPS) is 16.8. The van der Waals surface area contributed by atoms with Gasteiger partial charge in [-0.2, -0.15) is 0 Å². The topological polar surface area (TPSA) is 105 Å². The molecule has 4 N–H and O–H groups in total. The molecule has 1 unspecified atom stereocenters. The van der Waals surface area contributed by atoms with E-state index < -0.39 is 5.91 Å². The third-order valence-electron chi connectivity index (χ3n) is 4.28. The van der Waals surface area contributed by atoms with E-state index in [1.807, 2.05) is 17.5 Å². The van der Waals surface area contributed by atoms with E-state index in [1.165, 1.54) is 11.3 Å². The molecule has 1 fully saturated rings. The number of likely N-dealkylation sites (tertiary alicyclic amines) is 1. The molecule has 1 aliphatic rings. The van der Waals surface area contributed by atoms with Crippen LogP contribution in [0, 0.1) is 5.92 Å². The fourth-order valence-corrected chi connectivity index (χ4v) is 3.56. The molecule has 0 radical (unpaired) electrons. The maximum Gasteiger partial charge on any atom is 0.322 e. The number of nitrogens with one attached hydrogen (secondary N) is 2. The summed E-state index contributed by atoms with van der Waals surface area (Å²) in [6.07, 6.45) is 1.43. The van der Waals surface area contributed by atoms with E-state index in [-0.39, 0.29) is 23.4 Å². The molecule has 1 saturated heterocycles. The van der Waals surface area contributed by atoms with Crippen molar-refractivity contribution in [3.05, 3.63) is 47.3 Å². The van der Waals surface area contributed by atoms with Gasteiger partial charge in [-0.15, -0.1) is 11.3 Å². The second-order valence-corrected chi connectivity index (χ2v) is 7.04. The van der Waals surface area contributed by atoms with Crippen LogP contribution in [0.2, 0.25) is 0 Å². The zero-order valence-electron chi connectivity index (χ0n) is 14.1. The Morgan fingerprint density at radius 1 is 1.12 bits per heavy atom. The Labute approximate surface area is 155 Å². The summed E-state index contributed by atoms with van der Waals surface area (Å²) in [6.45, 7) is 0.945. The zero-order valence-corrected chi connectivity index (χ0v) is 14.9.